The van der Waals surface area contributed by atoms with Gasteiger partial charge in [-0.1, -0.05) is 24.4 Å². The standard InChI is InChI=1S/C12H20N2O4S6/c1-13(9-3-5-23(15,16)7-9)11(19)21-22-12(20)14(2)10-4-6-24(17,18)8-10/h9-10H,3-8H2,1-2H3/t9-,10+. The Hall–Kier alpha value is 0.380. The molecule has 0 radical (unpaired) electrons. The smallest absolute Gasteiger partial charge is 0.152 e. The predicted molar refractivity (Wildman–Crippen MR) is 110 cm³/mol. The van der Waals surface area contributed by atoms with Crippen molar-refractivity contribution in [1.82, 2.24) is 9.80 Å². The second-order valence-corrected chi connectivity index (χ2v) is 13.9. The van der Waals surface area contributed by atoms with E-state index in [0.717, 1.165) is 0 Å². The summed E-state index contributed by atoms with van der Waals surface area (Å²) < 4.78 is 47.4. The van der Waals surface area contributed by atoms with Crippen LogP contribution >= 0.6 is 46.0 Å². The van der Waals surface area contributed by atoms with Gasteiger partial charge in [0, 0.05) is 26.2 Å². The Morgan fingerprint density at radius 3 is 1.42 bits per heavy atom. The van der Waals surface area contributed by atoms with Crippen molar-refractivity contribution in [3.05, 3.63) is 0 Å². The first kappa shape index (κ1) is 20.7. The van der Waals surface area contributed by atoms with Crippen LogP contribution in [0.4, 0.5) is 0 Å². The first-order valence-electron chi connectivity index (χ1n) is 7.30. The normalized spacial score (nSPS) is 27.8. The molecule has 12 heteroatoms. The molecule has 2 heterocycles. The van der Waals surface area contributed by atoms with Crippen LogP contribution in [0.2, 0.25) is 0 Å². The highest BCUT2D eigenvalue weighted by molar-refractivity contribution is 8.89. The van der Waals surface area contributed by atoms with E-state index >= 15 is 0 Å². The summed E-state index contributed by atoms with van der Waals surface area (Å²) in [5.41, 5.74) is 0. The molecular weight excluding hydrogens is 429 g/mol. The van der Waals surface area contributed by atoms with Crippen LogP contribution in [-0.4, -0.2) is 84.5 Å². The molecule has 24 heavy (non-hydrogen) atoms. The molecule has 0 aliphatic carbocycles. The van der Waals surface area contributed by atoms with Gasteiger partial charge in [0.15, 0.2) is 19.7 Å². The Morgan fingerprint density at radius 2 is 1.17 bits per heavy atom. The van der Waals surface area contributed by atoms with E-state index in [-0.39, 0.29) is 35.1 Å². The van der Waals surface area contributed by atoms with Crippen molar-refractivity contribution in [2.24, 2.45) is 0 Å². The molecule has 0 aromatic heterocycles. The molecule has 2 aliphatic rings. The molecule has 6 nitrogen and oxygen atoms in total. The molecular formula is C12H20N2O4S6. The minimum Gasteiger partial charge on any atom is -0.356 e. The van der Waals surface area contributed by atoms with Crippen molar-refractivity contribution in [1.29, 1.82) is 0 Å². The minimum absolute atomic E-state index is 0.0816. The van der Waals surface area contributed by atoms with Gasteiger partial charge in [-0.25, -0.2) is 16.8 Å². The van der Waals surface area contributed by atoms with Crippen LogP contribution in [0.5, 0.6) is 0 Å². The first-order valence-corrected chi connectivity index (χ1v) is 13.9. The summed E-state index contributed by atoms with van der Waals surface area (Å²) in [6.45, 7) is 0. The van der Waals surface area contributed by atoms with E-state index in [9.17, 15) is 16.8 Å². The van der Waals surface area contributed by atoms with Crippen LogP contribution in [0.15, 0.2) is 0 Å². The topological polar surface area (TPSA) is 74.8 Å². The molecule has 0 N–H and O–H groups in total. The Morgan fingerprint density at radius 1 is 0.833 bits per heavy atom. The number of thiocarbonyl (C=S) groups is 2. The van der Waals surface area contributed by atoms with Crippen molar-refractivity contribution >= 4 is 74.3 Å². The Bertz CT molecular complexity index is 658. The van der Waals surface area contributed by atoms with Crippen LogP contribution in [0.1, 0.15) is 12.8 Å². The van der Waals surface area contributed by atoms with Crippen LogP contribution in [0.3, 0.4) is 0 Å². The first-order chi connectivity index (χ1) is 11.0. The third kappa shape index (κ3) is 5.44. The highest BCUT2D eigenvalue weighted by Gasteiger charge is 2.33. The van der Waals surface area contributed by atoms with Crippen molar-refractivity contribution in [3.63, 3.8) is 0 Å². The fraction of sp³-hybridized carbons (Fsp3) is 0.833. The molecule has 0 amide bonds. The average Bonchev–Trinajstić information content (AvgIpc) is 3.04. The van der Waals surface area contributed by atoms with Gasteiger partial charge in [-0.3, -0.25) is 0 Å². The fourth-order valence-corrected chi connectivity index (χ4v) is 8.92. The summed E-state index contributed by atoms with van der Waals surface area (Å²) in [4.78, 5) is 3.64. The van der Waals surface area contributed by atoms with Gasteiger partial charge in [0.2, 0.25) is 0 Å². The van der Waals surface area contributed by atoms with E-state index in [2.05, 4.69) is 0 Å². The molecule has 2 atom stereocenters. The third-order valence-electron chi connectivity index (χ3n) is 4.27. The van der Waals surface area contributed by atoms with E-state index in [0.29, 0.717) is 21.5 Å². The lowest BCUT2D eigenvalue weighted by molar-refractivity contribution is 0.409. The zero-order chi connectivity index (χ0) is 18.1. The largest absolute Gasteiger partial charge is 0.356 e. The number of hydrogen-bond donors (Lipinski definition) is 0. The highest BCUT2D eigenvalue weighted by Crippen LogP contribution is 2.31. The van der Waals surface area contributed by atoms with Gasteiger partial charge in [-0.05, 0) is 34.4 Å². The second kappa shape index (κ2) is 7.95. The molecule has 0 saturated carbocycles. The van der Waals surface area contributed by atoms with Crippen LogP contribution in [-0.2, 0) is 19.7 Å². The monoisotopic (exact) mass is 448 g/mol. The lowest BCUT2D eigenvalue weighted by Crippen LogP contribution is -2.36. The summed E-state index contributed by atoms with van der Waals surface area (Å²) in [6.07, 6.45) is 1.18. The average molecular weight is 449 g/mol. The van der Waals surface area contributed by atoms with E-state index in [1.54, 1.807) is 14.1 Å². The van der Waals surface area contributed by atoms with E-state index in [1.165, 1.54) is 21.6 Å². The van der Waals surface area contributed by atoms with Gasteiger partial charge in [0.25, 0.3) is 0 Å². The van der Waals surface area contributed by atoms with Crippen LogP contribution < -0.4 is 0 Å². The van der Waals surface area contributed by atoms with Gasteiger partial charge in [-0.15, -0.1) is 0 Å². The molecule has 0 bridgehead atoms. The molecule has 0 aromatic rings. The Kier molecular flexibility index (Phi) is 6.85. The summed E-state index contributed by atoms with van der Waals surface area (Å²) in [5.74, 6) is 0.692. The fourth-order valence-electron chi connectivity index (χ4n) is 2.65. The van der Waals surface area contributed by atoms with Gasteiger partial charge in [0.05, 0.1) is 23.0 Å². The Labute approximate surface area is 162 Å². The predicted octanol–water partition coefficient (Wildman–Crippen LogP) is 1.18. The van der Waals surface area contributed by atoms with Gasteiger partial charge in [-0.2, -0.15) is 0 Å². The zero-order valence-corrected chi connectivity index (χ0v) is 18.3. The SMILES string of the molecule is CN(C(=S)SSC(=S)N(C)[C@H]1CCS(=O)(=O)C1)[C@@H]1CCS(=O)(=O)C1. The minimum atomic E-state index is -2.95. The highest BCUT2D eigenvalue weighted by atomic mass is 33.1. The Balaban J connectivity index is 1.82. The molecule has 0 unspecified atom stereocenters. The second-order valence-electron chi connectivity index (χ2n) is 6.03. The molecule has 138 valence electrons. The van der Waals surface area contributed by atoms with Crippen molar-refractivity contribution in [2.45, 2.75) is 24.9 Å². The number of rotatable bonds is 2. The number of nitrogens with zero attached hydrogens (tertiary/aromatic N) is 2. The van der Waals surface area contributed by atoms with Crippen molar-refractivity contribution in [2.75, 3.05) is 37.1 Å². The number of sulfone groups is 2. The molecule has 2 rings (SSSR count). The molecule has 2 aliphatic heterocycles. The maximum Gasteiger partial charge on any atom is 0.152 e. The van der Waals surface area contributed by atoms with E-state index in [4.69, 9.17) is 24.4 Å². The van der Waals surface area contributed by atoms with Gasteiger partial charge >= 0.3 is 0 Å². The van der Waals surface area contributed by atoms with E-state index < -0.39 is 19.7 Å². The molecule has 0 aromatic carbocycles. The lowest BCUT2D eigenvalue weighted by atomic mass is 10.2. The van der Waals surface area contributed by atoms with E-state index in [1.807, 2.05) is 9.80 Å². The maximum absolute atomic E-state index is 11.6. The van der Waals surface area contributed by atoms with Crippen molar-refractivity contribution < 1.29 is 16.8 Å². The summed E-state index contributed by atoms with van der Waals surface area (Å²) in [6, 6.07) is -0.163. The summed E-state index contributed by atoms with van der Waals surface area (Å²) in [5, 5.41) is 0. The maximum atomic E-state index is 11.6. The summed E-state index contributed by atoms with van der Waals surface area (Å²) >= 11 is 10.7. The lowest BCUT2D eigenvalue weighted by Gasteiger charge is -2.27. The van der Waals surface area contributed by atoms with Gasteiger partial charge in [0.1, 0.15) is 8.64 Å². The number of hydrogen-bond acceptors (Lipinski definition) is 8. The van der Waals surface area contributed by atoms with Crippen LogP contribution in [0.25, 0.3) is 0 Å². The quantitative estimate of drug-likeness (QED) is 0.454. The zero-order valence-electron chi connectivity index (χ0n) is 13.4. The van der Waals surface area contributed by atoms with Crippen molar-refractivity contribution in [3.8, 4) is 0 Å². The summed E-state index contributed by atoms with van der Waals surface area (Å²) in [7, 11) is 0.335. The van der Waals surface area contributed by atoms with Crippen LogP contribution in [0, 0.1) is 0 Å². The molecule has 2 fully saturated rings. The molecule has 2 saturated heterocycles. The third-order valence-corrected chi connectivity index (χ3v) is 11.6. The van der Waals surface area contributed by atoms with Gasteiger partial charge < -0.3 is 9.80 Å². The molecule has 0 spiro atoms.